The van der Waals surface area contributed by atoms with Crippen molar-refractivity contribution in [1.29, 1.82) is 0 Å². The van der Waals surface area contributed by atoms with Crippen molar-refractivity contribution in [3.63, 3.8) is 0 Å². The van der Waals surface area contributed by atoms with Gasteiger partial charge in [-0.1, -0.05) is 84.9 Å². The molecular formula is C26H22O. The van der Waals surface area contributed by atoms with E-state index in [0.29, 0.717) is 0 Å². The minimum atomic E-state index is 0.806. The number of benzene rings is 3. The summed E-state index contributed by atoms with van der Waals surface area (Å²) in [5.41, 5.74) is 7.92. The van der Waals surface area contributed by atoms with Crippen molar-refractivity contribution in [3.8, 4) is 11.1 Å². The van der Waals surface area contributed by atoms with E-state index in [9.17, 15) is 0 Å². The van der Waals surface area contributed by atoms with Gasteiger partial charge in [-0.3, -0.25) is 0 Å². The van der Waals surface area contributed by atoms with Gasteiger partial charge in [0.1, 0.15) is 11.3 Å². The maximum absolute atomic E-state index is 6.23. The molecule has 3 aromatic carbocycles. The first-order valence-corrected chi connectivity index (χ1v) is 9.16. The van der Waals surface area contributed by atoms with Gasteiger partial charge in [-0.05, 0) is 42.7 Å². The quantitative estimate of drug-likeness (QED) is 0.369. The monoisotopic (exact) mass is 350 g/mol. The molecule has 132 valence electrons. The molecule has 0 saturated heterocycles. The number of hydrogen-bond acceptors (Lipinski definition) is 1. The third-order valence-corrected chi connectivity index (χ3v) is 4.89. The highest BCUT2D eigenvalue weighted by atomic mass is 16.3. The van der Waals surface area contributed by atoms with E-state index in [-0.39, 0.29) is 0 Å². The Hall–Kier alpha value is -3.32. The van der Waals surface area contributed by atoms with Crippen LogP contribution in [0, 0.1) is 6.92 Å². The Bertz CT molecular complexity index is 1140. The second kappa shape index (κ2) is 7.13. The molecule has 1 aromatic heterocycles. The van der Waals surface area contributed by atoms with Crippen LogP contribution in [0.25, 0.3) is 39.8 Å². The first-order valence-electron chi connectivity index (χ1n) is 9.16. The van der Waals surface area contributed by atoms with Crippen molar-refractivity contribution in [2.24, 2.45) is 0 Å². The molecule has 0 unspecified atom stereocenters. The van der Waals surface area contributed by atoms with Crippen molar-refractivity contribution in [1.82, 2.24) is 0 Å². The highest BCUT2D eigenvalue weighted by Gasteiger charge is 2.14. The van der Waals surface area contributed by atoms with Crippen LogP contribution in [-0.4, -0.2) is 0 Å². The Balaban J connectivity index is 1.91. The average molecular weight is 350 g/mol. The largest absolute Gasteiger partial charge is 0.455 e. The van der Waals surface area contributed by atoms with Gasteiger partial charge in [0, 0.05) is 16.5 Å². The molecule has 4 aromatic rings. The maximum Gasteiger partial charge on any atom is 0.143 e. The van der Waals surface area contributed by atoms with Crippen LogP contribution in [0.3, 0.4) is 0 Å². The predicted molar refractivity (Wildman–Crippen MR) is 116 cm³/mol. The van der Waals surface area contributed by atoms with Crippen molar-refractivity contribution in [2.45, 2.75) is 13.8 Å². The number of para-hydroxylation sites is 1. The summed E-state index contributed by atoms with van der Waals surface area (Å²) >= 11 is 0. The van der Waals surface area contributed by atoms with E-state index in [0.717, 1.165) is 33.4 Å². The molecule has 4 rings (SSSR count). The number of aryl methyl sites for hydroxylation is 1. The summed E-state index contributed by atoms with van der Waals surface area (Å²) in [6, 6.07) is 25.2. The number of furan rings is 1. The number of allylic oxidation sites excluding steroid dienone is 1. The smallest absolute Gasteiger partial charge is 0.143 e. The first-order chi connectivity index (χ1) is 13.2. The van der Waals surface area contributed by atoms with Gasteiger partial charge >= 0.3 is 0 Å². The van der Waals surface area contributed by atoms with E-state index in [1.54, 1.807) is 6.08 Å². The Morgan fingerprint density at radius 1 is 0.926 bits per heavy atom. The van der Waals surface area contributed by atoms with Gasteiger partial charge in [0.25, 0.3) is 0 Å². The molecule has 0 aliphatic carbocycles. The lowest BCUT2D eigenvalue weighted by atomic mass is 9.99. The molecule has 27 heavy (non-hydrogen) atoms. The molecule has 1 heterocycles. The van der Waals surface area contributed by atoms with E-state index >= 15 is 0 Å². The Labute approximate surface area is 160 Å². The summed E-state index contributed by atoms with van der Waals surface area (Å²) in [5.74, 6) is 0.806. The van der Waals surface area contributed by atoms with Gasteiger partial charge in [0.05, 0.1) is 0 Å². The minimum Gasteiger partial charge on any atom is -0.455 e. The molecule has 0 aliphatic rings. The molecule has 0 bridgehead atoms. The van der Waals surface area contributed by atoms with Gasteiger partial charge in [0.15, 0.2) is 0 Å². The third kappa shape index (κ3) is 3.24. The molecule has 0 atom stereocenters. The molecule has 0 N–H and O–H groups in total. The van der Waals surface area contributed by atoms with E-state index in [1.165, 1.54) is 16.7 Å². The van der Waals surface area contributed by atoms with E-state index in [4.69, 9.17) is 4.42 Å². The SMILES string of the molecule is C=Cc1oc2c(-c3ccccc3)cccc2c1/C=C(\C)c1cccc(C)c1. The fraction of sp³-hybridized carbons (Fsp3) is 0.0769. The zero-order valence-electron chi connectivity index (χ0n) is 15.7. The van der Waals surface area contributed by atoms with Crippen LogP contribution >= 0.6 is 0 Å². The molecule has 0 amide bonds. The van der Waals surface area contributed by atoms with Crippen LogP contribution in [0.4, 0.5) is 0 Å². The summed E-state index contributed by atoms with van der Waals surface area (Å²) in [7, 11) is 0. The number of fused-ring (bicyclic) bond motifs is 1. The van der Waals surface area contributed by atoms with Crippen molar-refractivity contribution in [3.05, 3.63) is 102 Å². The number of rotatable bonds is 4. The van der Waals surface area contributed by atoms with Gasteiger partial charge in [-0.15, -0.1) is 0 Å². The van der Waals surface area contributed by atoms with Crippen molar-refractivity contribution < 1.29 is 4.42 Å². The molecule has 0 aliphatic heterocycles. The second-order valence-corrected chi connectivity index (χ2v) is 6.83. The highest BCUT2D eigenvalue weighted by molar-refractivity contribution is 6.01. The normalized spacial score (nSPS) is 11.7. The standard InChI is InChI=1S/C26H22O/c1-4-25-24(17-19(3)21-13-8-10-18(2)16-21)23-15-9-14-22(26(23)27-25)20-11-6-5-7-12-20/h4-17H,1H2,2-3H3/b19-17+. The molecular weight excluding hydrogens is 328 g/mol. The number of hydrogen-bond donors (Lipinski definition) is 0. The zero-order chi connectivity index (χ0) is 18.8. The van der Waals surface area contributed by atoms with E-state index < -0.39 is 0 Å². The van der Waals surface area contributed by atoms with E-state index in [1.807, 2.05) is 18.2 Å². The first kappa shape index (κ1) is 17.1. The molecule has 0 spiro atoms. The van der Waals surface area contributed by atoms with Crippen LogP contribution < -0.4 is 0 Å². The Morgan fingerprint density at radius 2 is 1.70 bits per heavy atom. The molecule has 0 fully saturated rings. The van der Waals surface area contributed by atoms with Crippen molar-refractivity contribution >= 4 is 28.7 Å². The topological polar surface area (TPSA) is 13.1 Å². The van der Waals surface area contributed by atoms with Crippen LogP contribution in [0.2, 0.25) is 0 Å². The van der Waals surface area contributed by atoms with Crippen LogP contribution in [0.15, 0.2) is 83.8 Å². The summed E-state index contributed by atoms with van der Waals surface area (Å²) in [6.45, 7) is 8.22. The van der Waals surface area contributed by atoms with Gasteiger partial charge in [-0.2, -0.15) is 0 Å². The zero-order valence-corrected chi connectivity index (χ0v) is 15.7. The second-order valence-electron chi connectivity index (χ2n) is 6.83. The lowest BCUT2D eigenvalue weighted by molar-refractivity contribution is 0.604. The molecule has 0 radical (unpaired) electrons. The molecule has 1 nitrogen and oxygen atoms in total. The molecule has 1 heteroatoms. The Kier molecular flexibility index (Phi) is 4.52. The minimum absolute atomic E-state index is 0.806. The Morgan fingerprint density at radius 3 is 2.44 bits per heavy atom. The fourth-order valence-electron chi connectivity index (χ4n) is 3.49. The van der Waals surface area contributed by atoms with Crippen LogP contribution in [0.1, 0.15) is 29.4 Å². The lowest BCUT2D eigenvalue weighted by Gasteiger charge is -2.04. The maximum atomic E-state index is 6.23. The lowest BCUT2D eigenvalue weighted by Crippen LogP contribution is -1.83. The van der Waals surface area contributed by atoms with Crippen LogP contribution in [0.5, 0.6) is 0 Å². The van der Waals surface area contributed by atoms with Gasteiger partial charge in [-0.25, -0.2) is 0 Å². The predicted octanol–water partition coefficient (Wildman–Crippen LogP) is 7.61. The third-order valence-electron chi connectivity index (χ3n) is 4.89. The fourth-order valence-corrected chi connectivity index (χ4v) is 3.49. The van der Waals surface area contributed by atoms with Gasteiger partial charge in [0.2, 0.25) is 0 Å². The summed E-state index contributed by atoms with van der Waals surface area (Å²) in [6.07, 6.45) is 4.00. The summed E-state index contributed by atoms with van der Waals surface area (Å²) < 4.78 is 6.23. The molecule has 0 saturated carbocycles. The van der Waals surface area contributed by atoms with Crippen molar-refractivity contribution in [2.75, 3.05) is 0 Å². The summed E-state index contributed by atoms with van der Waals surface area (Å²) in [4.78, 5) is 0. The van der Waals surface area contributed by atoms with E-state index in [2.05, 4.69) is 81.1 Å². The summed E-state index contributed by atoms with van der Waals surface area (Å²) in [5, 5.41) is 1.11. The highest BCUT2D eigenvalue weighted by Crippen LogP contribution is 2.36. The van der Waals surface area contributed by atoms with Gasteiger partial charge < -0.3 is 4.42 Å². The van der Waals surface area contributed by atoms with Crippen LogP contribution in [-0.2, 0) is 0 Å². The average Bonchev–Trinajstić information content (AvgIpc) is 3.06.